The van der Waals surface area contributed by atoms with E-state index in [2.05, 4.69) is 10.6 Å². The Morgan fingerprint density at radius 3 is 1.98 bits per heavy atom. The number of aliphatic hydroxyl groups excluding tert-OH is 2. The third kappa shape index (κ3) is 11.0. The number of hydrogen-bond acceptors (Lipinski definition) is 6. The highest BCUT2D eigenvalue weighted by Gasteiger charge is 2.31. The fourth-order valence-electron chi connectivity index (χ4n) is 4.52. The molecule has 0 aliphatic heterocycles. The lowest BCUT2D eigenvalue weighted by atomic mass is 9.95. The first-order chi connectivity index (χ1) is 20.2. The second-order valence-corrected chi connectivity index (χ2v) is 11.0. The van der Waals surface area contributed by atoms with E-state index >= 15 is 0 Å². The van der Waals surface area contributed by atoms with Crippen LogP contribution >= 0.6 is 0 Å². The number of benzene rings is 2. The van der Waals surface area contributed by atoms with Crippen LogP contribution in [0.2, 0.25) is 0 Å². The first-order valence-corrected chi connectivity index (χ1v) is 14.4. The molecule has 0 heterocycles. The zero-order valence-corrected chi connectivity index (χ0v) is 25.0. The standard InChI is InChI=1S/C31H42F2N4O6/c1-5-7-37(8-6-2)31(43)22-13-20(29(34)41)12-21(14-22)30(42)36-25(11-19-9-23(32)15-24(33)10-19)28(40)26(38)16-27(39)35-17-18(3)4/h9-10,12-15,18,25-26,28,38,40H,5-8,11,16-17H2,1-4H3,(H2,34,41)(H,35,39)(H,36,42)/t25-,26+,28+/m0/s1. The maximum Gasteiger partial charge on any atom is 0.253 e. The minimum Gasteiger partial charge on any atom is -0.390 e. The summed E-state index contributed by atoms with van der Waals surface area (Å²) in [5, 5.41) is 26.8. The van der Waals surface area contributed by atoms with Gasteiger partial charge < -0.3 is 31.5 Å². The summed E-state index contributed by atoms with van der Waals surface area (Å²) in [6, 6.07) is 5.10. The molecule has 236 valence electrons. The van der Waals surface area contributed by atoms with E-state index in [1.807, 2.05) is 27.7 Å². The molecule has 0 radical (unpaired) electrons. The van der Waals surface area contributed by atoms with Crippen molar-refractivity contribution in [2.45, 2.75) is 71.6 Å². The maximum atomic E-state index is 13.9. The van der Waals surface area contributed by atoms with Crippen molar-refractivity contribution in [2.24, 2.45) is 11.7 Å². The summed E-state index contributed by atoms with van der Waals surface area (Å²) in [4.78, 5) is 52.7. The van der Waals surface area contributed by atoms with Gasteiger partial charge >= 0.3 is 0 Å². The van der Waals surface area contributed by atoms with Crippen molar-refractivity contribution in [1.82, 2.24) is 15.5 Å². The molecule has 3 atom stereocenters. The molecule has 12 heteroatoms. The Balaban J connectivity index is 2.43. The van der Waals surface area contributed by atoms with Crippen LogP contribution in [0.15, 0.2) is 36.4 Å². The maximum absolute atomic E-state index is 13.9. The Kier molecular flexibility index (Phi) is 13.7. The first kappa shape index (κ1) is 35.3. The van der Waals surface area contributed by atoms with E-state index in [0.29, 0.717) is 38.5 Å². The van der Waals surface area contributed by atoms with E-state index in [-0.39, 0.29) is 34.6 Å². The fourth-order valence-corrected chi connectivity index (χ4v) is 4.52. The van der Waals surface area contributed by atoms with E-state index in [9.17, 15) is 38.2 Å². The lowest BCUT2D eigenvalue weighted by Gasteiger charge is -2.28. The van der Waals surface area contributed by atoms with Crippen LogP contribution in [0.3, 0.4) is 0 Å². The molecule has 0 aliphatic carbocycles. The van der Waals surface area contributed by atoms with Gasteiger partial charge in [-0.25, -0.2) is 8.78 Å². The molecule has 0 bridgehead atoms. The zero-order valence-electron chi connectivity index (χ0n) is 25.0. The summed E-state index contributed by atoms with van der Waals surface area (Å²) in [7, 11) is 0. The van der Waals surface area contributed by atoms with Gasteiger partial charge in [-0.15, -0.1) is 0 Å². The van der Waals surface area contributed by atoms with Crippen LogP contribution < -0.4 is 16.4 Å². The monoisotopic (exact) mass is 604 g/mol. The van der Waals surface area contributed by atoms with Crippen molar-refractivity contribution < 1.29 is 38.2 Å². The topological polar surface area (TPSA) is 162 Å². The van der Waals surface area contributed by atoms with Crippen molar-refractivity contribution in [3.63, 3.8) is 0 Å². The molecule has 6 N–H and O–H groups in total. The molecule has 2 rings (SSSR count). The second kappa shape index (κ2) is 16.7. The number of carbonyl (C=O) groups excluding carboxylic acids is 4. The number of carbonyl (C=O) groups is 4. The lowest BCUT2D eigenvalue weighted by Crippen LogP contribution is -2.51. The molecule has 0 saturated carbocycles. The van der Waals surface area contributed by atoms with E-state index < -0.39 is 59.9 Å². The summed E-state index contributed by atoms with van der Waals surface area (Å²) >= 11 is 0. The van der Waals surface area contributed by atoms with Crippen LogP contribution in [0.5, 0.6) is 0 Å². The molecular weight excluding hydrogens is 562 g/mol. The molecule has 10 nitrogen and oxygen atoms in total. The highest BCUT2D eigenvalue weighted by Crippen LogP contribution is 2.18. The molecule has 0 spiro atoms. The SMILES string of the molecule is CCCN(CCC)C(=O)c1cc(C(N)=O)cc(C(=O)N[C@@H](Cc2cc(F)cc(F)c2)[C@@H](O)[C@H](O)CC(=O)NCC(C)C)c1. The number of hydrogen-bond donors (Lipinski definition) is 5. The smallest absolute Gasteiger partial charge is 0.253 e. The number of amides is 4. The van der Waals surface area contributed by atoms with Crippen LogP contribution in [0.4, 0.5) is 8.78 Å². The van der Waals surface area contributed by atoms with E-state index in [0.717, 1.165) is 12.1 Å². The van der Waals surface area contributed by atoms with Gasteiger partial charge in [-0.1, -0.05) is 27.7 Å². The Morgan fingerprint density at radius 1 is 0.884 bits per heavy atom. The summed E-state index contributed by atoms with van der Waals surface area (Å²) in [5.74, 6) is -4.31. The molecule has 0 fully saturated rings. The van der Waals surface area contributed by atoms with Crippen molar-refractivity contribution in [3.05, 3.63) is 70.3 Å². The van der Waals surface area contributed by atoms with Gasteiger partial charge in [0.25, 0.3) is 11.8 Å². The highest BCUT2D eigenvalue weighted by molar-refractivity contribution is 6.04. The predicted octanol–water partition coefficient (Wildman–Crippen LogP) is 2.55. The van der Waals surface area contributed by atoms with Crippen molar-refractivity contribution in [1.29, 1.82) is 0 Å². The molecule has 4 amide bonds. The zero-order chi connectivity index (χ0) is 32.3. The number of primary amides is 1. The highest BCUT2D eigenvalue weighted by atomic mass is 19.1. The van der Waals surface area contributed by atoms with E-state index in [4.69, 9.17) is 5.73 Å². The Hall–Kier alpha value is -3.90. The van der Waals surface area contributed by atoms with Gasteiger partial charge in [-0.05, 0) is 61.1 Å². The molecule has 2 aromatic rings. The summed E-state index contributed by atoms with van der Waals surface area (Å²) in [5.41, 5.74) is 5.35. The van der Waals surface area contributed by atoms with Gasteiger partial charge in [0.05, 0.1) is 18.6 Å². The van der Waals surface area contributed by atoms with Crippen LogP contribution in [0, 0.1) is 17.6 Å². The predicted molar refractivity (Wildman–Crippen MR) is 157 cm³/mol. The van der Waals surface area contributed by atoms with E-state index in [1.165, 1.54) is 18.2 Å². The van der Waals surface area contributed by atoms with Gasteiger partial charge in [0.1, 0.15) is 17.7 Å². The average Bonchev–Trinajstić information content (AvgIpc) is 2.93. The van der Waals surface area contributed by atoms with Crippen LogP contribution in [0.25, 0.3) is 0 Å². The van der Waals surface area contributed by atoms with Gasteiger partial charge in [-0.2, -0.15) is 0 Å². The molecular formula is C31H42F2N4O6. The molecule has 0 unspecified atom stereocenters. The lowest BCUT2D eigenvalue weighted by molar-refractivity contribution is -0.125. The Bertz CT molecular complexity index is 1260. The van der Waals surface area contributed by atoms with Crippen molar-refractivity contribution >= 4 is 23.6 Å². The number of aliphatic hydroxyl groups is 2. The van der Waals surface area contributed by atoms with Gasteiger partial charge in [0.2, 0.25) is 11.8 Å². The number of nitrogens with two attached hydrogens (primary N) is 1. The Morgan fingerprint density at radius 2 is 1.44 bits per heavy atom. The summed E-state index contributed by atoms with van der Waals surface area (Å²) < 4.78 is 27.9. The average molecular weight is 605 g/mol. The van der Waals surface area contributed by atoms with Crippen molar-refractivity contribution in [2.75, 3.05) is 19.6 Å². The second-order valence-electron chi connectivity index (χ2n) is 11.0. The van der Waals surface area contributed by atoms with Crippen LogP contribution in [-0.2, 0) is 11.2 Å². The summed E-state index contributed by atoms with van der Waals surface area (Å²) in [6.07, 6.45) is -2.85. The van der Waals surface area contributed by atoms with Gasteiger partial charge in [0, 0.05) is 42.4 Å². The molecule has 0 aliphatic rings. The minimum atomic E-state index is -1.75. The van der Waals surface area contributed by atoms with Gasteiger partial charge in [-0.3, -0.25) is 19.2 Å². The van der Waals surface area contributed by atoms with Crippen molar-refractivity contribution in [3.8, 4) is 0 Å². The van der Waals surface area contributed by atoms with E-state index in [1.54, 1.807) is 4.90 Å². The number of nitrogens with zero attached hydrogens (tertiary/aromatic N) is 1. The number of nitrogens with one attached hydrogen (secondary N) is 2. The molecule has 43 heavy (non-hydrogen) atoms. The third-order valence-corrected chi connectivity index (χ3v) is 6.60. The van der Waals surface area contributed by atoms with Gasteiger partial charge in [0.15, 0.2) is 0 Å². The quantitative estimate of drug-likeness (QED) is 0.198. The fraction of sp³-hybridized carbons (Fsp3) is 0.484. The van der Waals surface area contributed by atoms with Crippen LogP contribution in [0.1, 0.15) is 83.6 Å². The summed E-state index contributed by atoms with van der Waals surface area (Å²) in [6.45, 7) is 8.83. The first-order valence-electron chi connectivity index (χ1n) is 14.4. The minimum absolute atomic E-state index is 0.0505. The number of halogens is 2. The Labute approximate surface area is 250 Å². The van der Waals surface area contributed by atoms with Crippen LogP contribution in [-0.4, -0.2) is 76.6 Å². The third-order valence-electron chi connectivity index (χ3n) is 6.60. The molecule has 2 aromatic carbocycles. The normalized spacial score (nSPS) is 13.2. The number of rotatable bonds is 16. The largest absolute Gasteiger partial charge is 0.390 e. The molecule has 0 saturated heterocycles. The molecule has 0 aromatic heterocycles.